The smallest absolute Gasteiger partial charge is 0.307 e. The van der Waals surface area contributed by atoms with E-state index in [1.165, 1.54) is 5.56 Å². The molecule has 0 aromatic heterocycles. The van der Waals surface area contributed by atoms with Gasteiger partial charge in [0.25, 0.3) is 0 Å². The quantitative estimate of drug-likeness (QED) is 0.823. The molecule has 3 atom stereocenters. The fourth-order valence-electron chi connectivity index (χ4n) is 3.13. The van der Waals surface area contributed by atoms with Crippen LogP contribution in [-0.4, -0.2) is 12.2 Å². The molecule has 1 aliphatic carbocycles. The summed E-state index contributed by atoms with van der Waals surface area (Å²) in [5, 5.41) is 3.37. The summed E-state index contributed by atoms with van der Waals surface area (Å²) in [6.07, 6.45) is -1.07. The highest BCUT2D eigenvalue weighted by Crippen LogP contribution is 2.38. The van der Waals surface area contributed by atoms with Crippen molar-refractivity contribution in [1.29, 1.82) is 0 Å². The molecule has 1 N–H and O–H groups in total. The van der Waals surface area contributed by atoms with Crippen molar-refractivity contribution < 1.29 is 13.2 Å². The Bertz CT molecular complexity index is 438. The Morgan fingerprint density at radius 2 is 1.86 bits per heavy atom. The van der Waals surface area contributed by atoms with Crippen LogP contribution in [0.25, 0.3) is 0 Å². The highest BCUT2D eigenvalue weighted by molar-refractivity contribution is 5.24. The van der Waals surface area contributed by atoms with Gasteiger partial charge in [-0.25, -0.2) is 0 Å². The first-order valence-electron chi connectivity index (χ1n) is 7.81. The van der Waals surface area contributed by atoms with Crippen LogP contribution in [0.4, 0.5) is 13.2 Å². The molecule has 0 aliphatic heterocycles. The molecule has 0 bridgehead atoms. The van der Waals surface area contributed by atoms with E-state index in [0.717, 1.165) is 18.4 Å². The van der Waals surface area contributed by atoms with Crippen molar-refractivity contribution in [2.45, 2.75) is 64.2 Å². The number of rotatable bonds is 4. The zero-order valence-electron chi connectivity index (χ0n) is 12.7. The zero-order valence-corrected chi connectivity index (χ0v) is 12.7. The molecule has 1 fully saturated rings. The lowest BCUT2D eigenvalue weighted by Crippen LogP contribution is -2.39. The minimum Gasteiger partial charge on any atom is -0.307 e. The van der Waals surface area contributed by atoms with E-state index in [2.05, 4.69) is 36.5 Å². The van der Waals surface area contributed by atoms with Crippen molar-refractivity contribution >= 4 is 0 Å². The second-order valence-electron chi connectivity index (χ2n) is 6.09. The number of halogens is 3. The summed E-state index contributed by atoms with van der Waals surface area (Å²) < 4.78 is 38.5. The van der Waals surface area contributed by atoms with E-state index < -0.39 is 12.1 Å². The molecule has 1 aromatic rings. The predicted molar refractivity (Wildman–Crippen MR) is 79.2 cm³/mol. The van der Waals surface area contributed by atoms with Gasteiger partial charge in [0.05, 0.1) is 5.92 Å². The van der Waals surface area contributed by atoms with E-state index in [0.29, 0.717) is 6.42 Å². The predicted octanol–water partition coefficient (Wildman–Crippen LogP) is 5.02. The van der Waals surface area contributed by atoms with E-state index in [9.17, 15) is 13.2 Å². The molecule has 21 heavy (non-hydrogen) atoms. The van der Waals surface area contributed by atoms with Crippen LogP contribution in [-0.2, 0) is 6.42 Å². The number of hydrogen-bond acceptors (Lipinski definition) is 1. The molecule has 0 saturated heterocycles. The van der Waals surface area contributed by atoms with Crippen molar-refractivity contribution in [1.82, 2.24) is 5.32 Å². The third-order valence-electron chi connectivity index (χ3n) is 4.51. The minimum absolute atomic E-state index is 0.0359. The van der Waals surface area contributed by atoms with Gasteiger partial charge in [0.2, 0.25) is 0 Å². The van der Waals surface area contributed by atoms with E-state index >= 15 is 0 Å². The summed E-state index contributed by atoms with van der Waals surface area (Å²) >= 11 is 0. The first-order valence-corrected chi connectivity index (χ1v) is 7.81. The highest BCUT2D eigenvalue weighted by Gasteiger charge is 2.42. The Hall–Kier alpha value is -1.03. The van der Waals surface area contributed by atoms with Crippen molar-refractivity contribution in [2.75, 3.05) is 0 Å². The van der Waals surface area contributed by atoms with E-state index in [1.54, 1.807) is 0 Å². The molecule has 2 rings (SSSR count). The molecule has 4 heteroatoms. The van der Waals surface area contributed by atoms with Gasteiger partial charge in [0, 0.05) is 12.1 Å². The summed E-state index contributed by atoms with van der Waals surface area (Å²) in [6, 6.07) is 8.38. The molecular weight excluding hydrogens is 275 g/mol. The van der Waals surface area contributed by atoms with Crippen LogP contribution in [0.15, 0.2) is 24.3 Å². The molecule has 1 nitrogen and oxygen atoms in total. The van der Waals surface area contributed by atoms with E-state index in [4.69, 9.17) is 0 Å². The second-order valence-corrected chi connectivity index (χ2v) is 6.09. The third kappa shape index (κ3) is 4.47. The van der Waals surface area contributed by atoms with Crippen LogP contribution >= 0.6 is 0 Å². The average molecular weight is 299 g/mol. The van der Waals surface area contributed by atoms with Gasteiger partial charge in [-0.3, -0.25) is 0 Å². The van der Waals surface area contributed by atoms with Crippen molar-refractivity contribution in [2.24, 2.45) is 5.92 Å². The van der Waals surface area contributed by atoms with Crippen LogP contribution < -0.4 is 5.32 Å². The molecule has 1 saturated carbocycles. The van der Waals surface area contributed by atoms with Gasteiger partial charge in [-0.05, 0) is 43.7 Å². The maximum Gasteiger partial charge on any atom is 0.391 e. The minimum atomic E-state index is -4.05. The Labute approximate surface area is 124 Å². The molecule has 118 valence electrons. The lowest BCUT2D eigenvalue weighted by Gasteiger charge is -2.33. The molecule has 1 aromatic carbocycles. The van der Waals surface area contributed by atoms with Crippen molar-refractivity contribution in [3.8, 4) is 0 Å². The summed E-state index contributed by atoms with van der Waals surface area (Å²) in [6.45, 7) is 4.13. The van der Waals surface area contributed by atoms with Gasteiger partial charge in [-0.15, -0.1) is 0 Å². The van der Waals surface area contributed by atoms with Gasteiger partial charge >= 0.3 is 6.18 Å². The lowest BCUT2D eigenvalue weighted by atomic mass is 9.84. The maximum absolute atomic E-state index is 12.8. The molecule has 3 unspecified atom stereocenters. The van der Waals surface area contributed by atoms with Gasteiger partial charge in [0.1, 0.15) is 0 Å². The average Bonchev–Trinajstić information content (AvgIpc) is 2.47. The lowest BCUT2D eigenvalue weighted by molar-refractivity contribution is -0.183. The molecule has 0 radical (unpaired) electrons. The van der Waals surface area contributed by atoms with Gasteiger partial charge < -0.3 is 5.32 Å². The first-order chi connectivity index (χ1) is 9.90. The molecule has 1 aliphatic rings. The largest absolute Gasteiger partial charge is 0.391 e. The van der Waals surface area contributed by atoms with Gasteiger partial charge in [-0.1, -0.05) is 37.6 Å². The monoisotopic (exact) mass is 299 g/mol. The van der Waals surface area contributed by atoms with Gasteiger partial charge in [-0.2, -0.15) is 13.2 Å². The first kappa shape index (κ1) is 16.3. The molecule has 0 amide bonds. The maximum atomic E-state index is 12.8. The second kappa shape index (κ2) is 6.82. The number of alkyl halides is 3. The number of nitrogens with one attached hydrogen (secondary N) is 1. The van der Waals surface area contributed by atoms with Crippen LogP contribution in [0.2, 0.25) is 0 Å². The fourth-order valence-corrected chi connectivity index (χ4v) is 3.13. The fraction of sp³-hybridized carbons (Fsp3) is 0.647. The van der Waals surface area contributed by atoms with Crippen LogP contribution in [0.1, 0.15) is 56.7 Å². The van der Waals surface area contributed by atoms with Crippen LogP contribution in [0, 0.1) is 5.92 Å². The Morgan fingerprint density at radius 1 is 1.19 bits per heavy atom. The SMILES string of the molecule is CCc1ccc(C(C)NC2CCCC(C(F)(F)F)C2)cc1. The molecule has 0 spiro atoms. The van der Waals surface area contributed by atoms with Crippen molar-refractivity contribution in [3.63, 3.8) is 0 Å². The normalized spacial score (nSPS) is 24.8. The van der Waals surface area contributed by atoms with Crippen molar-refractivity contribution in [3.05, 3.63) is 35.4 Å². The van der Waals surface area contributed by atoms with E-state index in [1.807, 2.05) is 6.92 Å². The number of benzene rings is 1. The summed E-state index contributed by atoms with van der Waals surface area (Å²) in [4.78, 5) is 0. The number of hydrogen-bond donors (Lipinski definition) is 1. The summed E-state index contributed by atoms with van der Waals surface area (Å²) in [5.74, 6) is -1.14. The molecule has 0 heterocycles. The van der Waals surface area contributed by atoms with E-state index in [-0.39, 0.29) is 24.9 Å². The number of aryl methyl sites for hydroxylation is 1. The highest BCUT2D eigenvalue weighted by atomic mass is 19.4. The Kier molecular flexibility index (Phi) is 5.31. The van der Waals surface area contributed by atoms with Gasteiger partial charge in [0.15, 0.2) is 0 Å². The summed E-state index contributed by atoms with van der Waals surface area (Å²) in [5.41, 5.74) is 2.42. The topological polar surface area (TPSA) is 12.0 Å². The Morgan fingerprint density at radius 3 is 2.43 bits per heavy atom. The zero-order chi connectivity index (χ0) is 15.5. The Balaban J connectivity index is 1.93. The summed E-state index contributed by atoms with van der Waals surface area (Å²) in [7, 11) is 0. The molecular formula is C17H24F3N. The van der Waals surface area contributed by atoms with Crippen LogP contribution in [0.5, 0.6) is 0 Å². The van der Waals surface area contributed by atoms with Crippen LogP contribution in [0.3, 0.4) is 0 Å². The third-order valence-corrected chi connectivity index (χ3v) is 4.51. The standard InChI is InChI=1S/C17H24F3N/c1-3-13-7-9-14(10-8-13)12(2)21-16-6-4-5-15(11-16)17(18,19)20/h7-10,12,15-16,21H,3-6,11H2,1-2H3.